The van der Waals surface area contributed by atoms with Gasteiger partial charge in [0.2, 0.25) is 15.9 Å². The van der Waals surface area contributed by atoms with E-state index in [4.69, 9.17) is 14.2 Å². The fraction of sp³-hybridized carbons (Fsp3) is 0.364. The fourth-order valence-corrected chi connectivity index (χ4v) is 5.12. The molecule has 2 aromatic carbocycles. The maximum absolute atomic E-state index is 13.6. The number of nitrogens with zero attached hydrogens (tertiary/aromatic N) is 2. The Hall–Kier alpha value is -2.95. The summed E-state index contributed by atoms with van der Waals surface area (Å²) in [6, 6.07) is 11.7. The molecule has 0 spiro atoms. The van der Waals surface area contributed by atoms with Crippen LogP contribution in [0.4, 0.5) is 5.69 Å². The number of carbonyl (C=O) groups is 2. The molecule has 1 atom stereocenters. The molecule has 1 unspecified atom stereocenters. The molecule has 1 aliphatic heterocycles. The van der Waals surface area contributed by atoms with Gasteiger partial charge in [0.05, 0.1) is 38.7 Å². The average molecular weight is 463 g/mol. The van der Waals surface area contributed by atoms with Gasteiger partial charge < -0.3 is 19.1 Å². The maximum Gasteiger partial charge on any atom is 0.326 e. The number of ether oxygens (including phenoxy) is 3. The standard InChI is InChI=1S/C22H26N2O7S/c1-29-13-12-21(25)23-15-20(22(26)31-3)24(14-16-6-4-5-7-19(16)23)32(27,28)18-10-8-17(30-2)9-11-18/h4-11,20H,12-15H2,1-3H3. The van der Waals surface area contributed by atoms with Crippen LogP contribution in [-0.4, -0.2) is 65.1 Å². The zero-order chi connectivity index (χ0) is 23.3. The number of methoxy groups -OCH3 is 3. The first kappa shape index (κ1) is 23.7. The van der Waals surface area contributed by atoms with Crippen molar-refractivity contribution in [1.82, 2.24) is 4.31 Å². The highest BCUT2D eigenvalue weighted by molar-refractivity contribution is 7.89. The van der Waals surface area contributed by atoms with Gasteiger partial charge in [-0.3, -0.25) is 9.59 Å². The smallest absolute Gasteiger partial charge is 0.326 e. The molecule has 172 valence electrons. The molecule has 0 fully saturated rings. The normalized spacial score (nSPS) is 16.7. The van der Waals surface area contributed by atoms with E-state index in [0.717, 1.165) is 4.31 Å². The number of fused-ring (bicyclic) bond motifs is 1. The minimum Gasteiger partial charge on any atom is -0.497 e. The molecular formula is C22H26N2O7S. The van der Waals surface area contributed by atoms with Gasteiger partial charge in [-0.1, -0.05) is 18.2 Å². The number of benzene rings is 2. The van der Waals surface area contributed by atoms with E-state index < -0.39 is 22.0 Å². The molecule has 0 N–H and O–H groups in total. The zero-order valence-corrected chi connectivity index (χ0v) is 19.0. The van der Waals surface area contributed by atoms with Crippen LogP contribution in [0.2, 0.25) is 0 Å². The quantitative estimate of drug-likeness (QED) is 0.578. The third-order valence-electron chi connectivity index (χ3n) is 5.27. The summed E-state index contributed by atoms with van der Waals surface area (Å²) in [5, 5.41) is 0. The summed E-state index contributed by atoms with van der Waals surface area (Å²) in [7, 11) is 0.0550. The number of hydrogen-bond donors (Lipinski definition) is 0. The van der Waals surface area contributed by atoms with Gasteiger partial charge in [-0.2, -0.15) is 4.31 Å². The van der Waals surface area contributed by atoms with E-state index in [9.17, 15) is 18.0 Å². The summed E-state index contributed by atoms with van der Waals surface area (Å²) in [6.45, 7) is -0.0752. The summed E-state index contributed by atoms with van der Waals surface area (Å²) in [5.41, 5.74) is 1.15. The highest BCUT2D eigenvalue weighted by Crippen LogP contribution is 2.32. The van der Waals surface area contributed by atoms with Crippen molar-refractivity contribution in [2.45, 2.75) is 23.9 Å². The van der Waals surface area contributed by atoms with E-state index >= 15 is 0 Å². The molecule has 0 radical (unpaired) electrons. The van der Waals surface area contributed by atoms with E-state index in [-0.39, 0.29) is 36.9 Å². The number of carbonyl (C=O) groups excluding carboxylic acids is 2. The molecule has 0 saturated carbocycles. The minimum atomic E-state index is -4.11. The molecule has 32 heavy (non-hydrogen) atoms. The number of rotatable bonds is 7. The lowest BCUT2D eigenvalue weighted by molar-refractivity contribution is -0.145. The molecule has 1 heterocycles. The van der Waals surface area contributed by atoms with Gasteiger partial charge >= 0.3 is 5.97 Å². The SMILES string of the molecule is COCCC(=O)N1CC(C(=O)OC)N(S(=O)(=O)c2ccc(OC)cc2)Cc2ccccc21. The van der Waals surface area contributed by atoms with Crippen molar-refractivity contribution in [3.63, 3.8) is 0 Å². The van der Waals surface area contributed by atoms with Crippen LogP contribution in [0.15, 0.2) is 53.4 Å². The van der Waals surface area contributed by atoms with Gasteiger partial charge in [-0.15, -0.1) is 0 Å². The van der Waals surface area contributed by atoms with Crippen LogP contribution in [0.25, 0.3) is 0 Å². The second-order valence-electron chi connectivity index (χ2n) is 7.14. The Morgan fingerprint density at radius 2 is 1.72 bits per heavy atom. The van der Waals surface area contributed by atoms with Crippen molar-refractivity contribution < 1.29 is 32.2 Å². The topological polar surface area (TPSA) is 102 Å². The zero-order valence-electron chi connectivity index (χ0n) is 18.2. The molecular weight excluding hydrogens is 436 g/mol. The van der Waals surface area contributed by atoms with Crippen molar-refractivity contribution >= 4 is 27.6 Å². The van der Waals surface area contributed by atoms with Crippen molar-refractivity contribution in [3.05, 3.63) is 54.1 Å². The van der Waals surface area contributed by atoms with E-state index in [1.165, 1.54) is 50.5 Å². The maximum atomic E-state index is 13.6. The third-order valence-corrected chi connectivity index (χ3v) is 7.14. The predicted octanol–water partition coefficient (Wildman–Crippen LogP) is 1.81. The summed E-state index contributed by atoms with van der Waals surface area (Å²) < 4.78 is 43.3. The molecule has 2 aromatic rings. The van der Waals surface area contributed by atoms with Gasteiger partial charge in [-0.25, -0.2) is 8.42 Å². The lowest BCUT2D eigenvalue weighted by Gasteiger charge is -2.29. The molecule has 10 heteroatoms. The van der Waals surface area contributed by atoms with Gasteiger partial charge in [0.1, 0.15) is 11.8 Å². The Bertz CT molecular complexity index is 1070. The number of sulfonamides is 1. The van der Waals surface area contributed by atoms with Crippen LogP contribution in [0, 0.1) is 0 Å². The van der Waals surface area contributed by atoms with Crippen LogP contribution >= 0.6 is 0 Å². The van der Waals surface area contributed by atoms with Crippen LogP contribution in [0.1, 0.15) is 12.0 Å². The van der Waals surface area contributed by atoms with Crippen LogP contribution in [-0.2, 0) is 35.6 Å². The van der Waals surface area contributed by atoms with Crippen molar-refractivity contribution in [3.8, 4) is 5.75 Å². The average Bonchev–Trinajstić information content (AvgIpc) is 3.00. The van der Waals surface area contributed by atoms with Crippen LogP contribution in [0.3, 0.4) is 0 Å². The number of hydrogen-bond acceptors (Lipinski definition) is 7. The first-order chi connectivity index (χ1) is 15.3. The molecule has 3 rings (SSSR count). The van der Waals surface area contributed by atoms with Crippen molar-refractivity contribution in [1.29, 1.82) is 0 Å². The highest BCUT2D eigenvalue weighted by Gasteiger charge is 2.42. The Balaban J connectivity index is 2.09. The first-order valence-electron chi connectivity index (χ1n) is 9.94. The van der Waals surface area contributed by atoms with Crippen LogP contribution < -0.4 is 9.64 Å². The Kier molecular flexibility index (Phi) is 7.49. The summed E-state index contributed by atoms with van der Waals surface area (Å²) in [4.78, 5) is 27.1. The van der Waals surface area contributed by atoms with E-state index in [1.54, 1.807) is 24.3 Å². The number of anilines is 1. The largest absolute Gasteiger partial charge is 0.497 e. The van der Waals surface area contributed by atoms with E-state index in [0.29, 0.717) is 17.0 Å². The second kappa shape index (κ2) is 10.1. The van der Waals surface area contributed by atoms with Gasteiger partial charge in [-0.05, 0) is 35.9 Å². The molecule has 0 saturated heterocycles. The van der Waals surface area contributed by atoms with Crippen LogP contribution in [0.5, 0.6) is 5.75 Å². The van der Waals surface area contributed by atoms with Crippen molar-refractivity contribution in [2.75, 3.05) is 39.4 Å². The summed E-state index contributed by atoms with van der Waals surface area (Å²) in [5.74, 6) is -0.527. The summed E-state index contributed by atoms with van der Waals surface area (Å²) in [6.07, 6.45) is 0.0873. The van der Waals surface area contributed by atoms with Gasteiger partial charge in [0.15, 0.2) is 0 Å². The van der Waals surface area contributed by atoms with E-state index in [1.807, 2.05) is 0 Å². The van der Waals surface area contributed by atoms with Crippen molar-refractivity contribution in [2.24, 2.45) is 0 Å². The predicted molar refractivity (Wildman–Crippen MR) is 117 cm³/mol. The van der Waals surface area contributed by atoms with Gasteiger partial charge in [0.25, 0.3) is 0 Å². The first-order valence-corrected chi connectivity index (χ1v) is 11.4. The molecule has 0 aliphatic carbocycles. The number of amides is 1. The molecule has 9 nitrogen and oxygen atoms in total. The molecule has 0 aromatic heterocycles. The Morgan fingerprint density at radius 3 is 2.34 bits per heavy atom. The summed E-state index contributed by atoms with van der Waals surface area (Å²) >= 11 is 0. The highest BCUT2D eigenvalue weighted by atomic mass is 32.2. The monoisotopic (exact) mass is 462 g/mol. The molecule has 0 bridgehead atoms. The van der Waals surface area contributed by atoms with E-state index in [2.05, 4.69) is 0 Å². The Morgan fingerprint density at radius 1 is 1.03 bits per heavy atom. The lowest BCUT2D eigenvalue weighted by Crippen LogP contribution is -2.50. The van der Waals surface area contributed by atoms with Gasteiger partial charge in [0, 0.05) is 19.3 Å². The lowest BCUT2D eigenvalue weighted by atomic mass is 10.1. The third kappa shape index (κ3) is 4.77. The molecule has 1 amide bonds. The fourth-order valence-electron chi connectivity index (χ4n) is 3.57. The second-order valence-corrected chi connectivity index (χ2v) is 9.03. The minimum absolute atomic E-state index is 0.00356. The number of para-hydroxylation sites is 1. The number of esters is 1. The Labute approximate surface area is 187 Å². The molecule has 1 aliphatic rings.